The van der Waals surface area contributed by atoms with Crippen LogP contribution in [0.1, 0.15) is 33.6 Å². The number of fused-ring (bicyclic) bond motifs is 1. The quantitative estimate of drug-likeness (QED) is 0.604. The summed E-state index contributed by atoms with van der Waals surface area (Å²) in [5, 5.41) is 2.15. The molecule has 0 aromatic heterocycles. The minimum absolute atomic E-state index is 0.0903. The zero-order valence-electron chi connectivity index (χ0n) is 11.7. The van der Waals surface area contributed by atoms with Crippen LogP contribution in [0.5, 0.6) is 0 Å². The fourth-order valence-electron chi connectivity index (χ4n) is 2.71. The van der Waals surface area contributed by atoms with E-state index in [4.69, 9.17) is 4.84 Å². The number of piperidine rings is 1. The lowest BCUT2D eigenvalue weighted by atomic mass is 10.0. The maximum absolute atomic E-state index is 12.6. The van der Waals surface area contributed by atoms with Crippen molar-refractivity contribution in [3.05, 3.63) is 29.3 Å². The van der Waals surface area contributed by atoms with Crippen LogP contribution in [0.15, 0.2) is 18.2 Å². The highest BCUT2D eigenvalue weighted by Gasteiger charge is 2.45. The van der Waals surface area contributed by atoms with Gasteiger partial charge in [-0.3, -0.25) is 39.7 Å². The maximum atomic E-state index is 12.6. The number of amides is 4. The van der Waals surface area contributed by atoms with Crippen molar-refractivity contribution in [1.29, 1.82) is 0 Å². The molecule has 1 unspecified atom stereocenters. The van der Waals surface area contributed by atoms with Crippen LogP contribution in [0, 0.1) is 0 Å². The monoisotopic (exact) mass is 303 g/mol. The van der Waals surface area contributed by atoms with Gasteiger partial charge in [0, 0.05) is 6.42 Å². The second-order valence-electron chi connectivity index (χ2n) is 4.98. The summed E-state index contributed by atoms with van der Waals surface area (Å²) in [6.07, 6.45) is 0.218. The number of carbonyl (C=O) groups excluding carboxylic acids is 4. The fourth-order valence-corrected chi connectivity index (χ4v) is 2.71. The van der Waals surface area contributed by atoms with Crippen molar-refractivity contribution in [1.82, 2.24) is 10.2 Å². The smallest absolute Gasteiger partial charge is 0.264 e. The van der Waals surface area contributed by atoms with Gasteiger partial charge in [0.15, 0.2) is 0 Å². The molecule has 8 heteroatoms. The van der Waals surface area contributed by atoms with Crippen LogP contribution in [0.4, 0.5) is 5.69 Å². The molecule has 0 spiro atoms. The van der Waals surface area contributed by atoms with E-state index >= 15 is 0 Å². The van der Waals surface area contributed by atoms with Crippen molar-refractivity contribution in [2.24, 2.45) is 0 Å². The molecule has 1 atom stereocenters. The summed E-state index contributed by atoms with van der Waals surface area (Å²) in [7, 11) is 1.39. The molecule has 2 aliphatic rings. The van der Waals surface area contributed by atoms with Crippen LogP contribution in [0.25, 0.3) is 0 Å². The molecule has 22 heavy (non-hydrogen) atoms. The molecule has 2 aliphatic heterocycles. The third kappa shape index (κ3) is 2.04. The molecule has 2 N–H and O–H groups in total. The number of hydrogen-bond donors (Lipinski definition) is 2. The molecular weight excluding hydrogens is 290 g/mol. The summed E-state index contributed by atoms with van der Waals surface area (Å²) in [6.45, 7) is 0. The van der Waals surface area contributed by atoms with Gasteiger partial charge in [-0.1, -0.05) is 6.07 Å². The van der Waals surface area contributed by atoms with Crippen molar-refractivity contribution in [2.75, 3.05) is 12.6 Å². The summed E-state index contributed by atoms with van der Waals surface area (Å²) < 4.78 is 0. The first-order chi connectivity index (χ1) is 10.5. The Hall–Kier alpha value is -2.74. The van der Waals surface area contributed by atoms with Crippen LogP contribution >= 0.6 is 0 Å². The van der Waals surface area contributed by atoms with E-state index < -0.39 is 29.7 Å². The van der Waals surface area contributed by atoms with E-state index in [1.807, 2.05) is 0 Å². The first kappa shape index (κ1) is 14.2. The first-order valence-corrected chi connectivity index (χ1v) is 6.68. The van der Waals surface area contributed by atoms with E-state index in [0.717, 1.165) is 4.90 Å². The second kappa shape index (κ2) is 5.23. The Morgan fingerprint density at radius 1 is 1.23 bits per heavy atom. The molecule has 1 aromatic rings. The zero-order chi connectivity index (χ0) is 15.9. The molecule has 8 nitrogen and oxygen atoms in total. The number of anilines is 1. The van der Waals surface area contributed by atoms with Crippen molar-refractivity contribution in [3.63, 3.8) is 0 Å². The average molecular weight is 303 g/mol. The van der Waals surface area contributed by atoms with Gasteiger partial charge >= 0.3 is 0 Å². The van der Waals surface area contributed by atoms with Gasteiger partial charge in [-0.15, -0.1) is 0 Å². The molecule has 0 radical (unpaired) electrons. The lowest BCUT2D eigenvalue weighted by Gasteiger charge is -2.27. The fraction of sp³-hybridized carbons (Fsp3) is 0.286. The van der Waals surface area contributed by atoms with Gasteiger partial charge in [-0.05, 0) is 18.6 Å². The number of imide groups is 2. The standard InChI is InChI=1S/C14H13N3O5/c1-22-16-8-4-2-3-7-11(8)14(21)17(13(7)20)9-5-6-10(18)15-12(9)19/h2-4,9,16H,5-6H2,1H3,(H,15,18,19). The molecule has 2 heterocycles. The molecule has 3 rings (SSSR count). The largest absolute Gasteiger partial charge is 0.295 e. The maximum Gasteiger partial charge on any atom is 0.264 e. The van der Waals surface area contributed by atoms with Crippen molar-refractivity contribution in [2.45, 2.75) is 18.9 Å². The van der Waals surface area contributed by atoms with Crippen LogP contribution in [0.3, 0.4) is 0 Å². The predicted molar refractivity (Wildman–Crippen MR) is 73.7 cm³/mol. The van der Waals surface area contributed by atoms with Gasteiger partial charge in [0.2, 0.25) is 11.8 Å². The van der Waals surface area contributed by atoms with Crippen molar-refractivity contribution >= 4 is 29.3 Å². The Bertz CT molecular complexity index is 700. The second-order valence-corrected chi connectivity index (χ2v) is 4.98. The topological polar surface area (TPSA) is 105 Å². The summed E-state index contributed by atoms with van der Waals surface area (Å²) in [5.41, 5.74) is 3.27. The van der Waals surface area contributed by atoms with Crippen molar-refractivity contribution in [3.8, 4) is 0 Å². The third-order valence-corrected chi connectivity index (χ3v) is 3.68. The number of nitrogens with zero attached hydrogens (tertiary/aromatic N) is 1. The Morgan fingerprint density at radius 2 is 2.00 bits per heavy atom. The molecule has 114 valence electrons. The number of benzene rings is 1. The minimum Gasteiger partial charge on any atom is -0.295 e. The van der Waals surface area contributed by atoms with Gasteiger partial charge in [-0.25, -0.2) is 0 Å². The Labute approximate surface area is 125 Å². The lowest BCUT2D eigenvalue weighted by molar-refractivity contribution is -0.136. The van der Waals surface area contributed by atoms with Crippen molar-refractivity contribution < 1.29 is 24.0 Å². The summed E-state index contributed by atoms with van der Waals surface area (Å²) in [4.78, 5) is 53.9. The van der Waals surface area contributed by atoms with E-state index in [0.29, 0.717) is 5.69 Å². The van der Waals surface area contributed by atoms with E-state index in [9.17, 15) is 19.2 Å². The summed E-state index contributed by atoms with van der Waals surface area (Å²) in [5.74, 6) is -2.16. The number of rotatable bonds is 3. The van der Waals surface area contributed by atoms with Crippen LogP contribution in [-0.4, -0.2) is 41.7 Å². The average Bonchev–Trinajstić information content (AvgIpc) is 2.73. The third-order valence-electron chi connectivity index (χ3n) is 3.68. The Balaban J connectivity index is 1.98. The minimum atomic E-state index is -0.972. The van der Waals surface area contributed by atoms with Gasteiger partial charge in [0.25, 0.3) is 11.8 Å². The molecule has 4 amide bonds. The van der Waals surface area contributed by atoms with Gasteiger partial charge in [0.05, 0.1) is 23.9 Å². The summed E-state index contributed by atoms with van der Waals surface area (Å²) >= 11 is 0. The van der Waals surface area contributed by atoms with Crippen LogP contribution in [0.2, 0.25) is 0 Å². The van der Waals surface area contributed by atoms with Gasteiger partial charge in [0.1, 0.15) is 6.04 Å². The number of hydrogen-bond acceptors (Lipinski definition) is 6. The molecule has 1 saturated heterocycles. The molecule has 0 bridgehead atoms. The van der Waals surface area contributed by atoms with Crippen LogP contribution < -0.4 is 10.8 Å². The molecule has 0 saturated carbocycles. The highest BCUT2D eigenvalue weighted by atomic mass is 16.6. The molecule has 0 aliphatic carbocycles. The van der Waals surface area contributed by atoms with E-state index in [-0.39, 0.29) is 24.0 Å². The van der Waals surface area contributed by atoms with Gasteiger partial charge < -0.3 is 0 Å². The number of carbonyl (C=O) groups is 4. The highest BCUT2D eigenvalue weighted by molar-refractivity contribution is 6.25. The zero-order valence-corrected chi connectivity index (χ0v) is 11.7. The molecule has 1 aromatic carbocycles. The number of nitrogens with one attached hydrogen (secondary N) is 2. The van der Waals surface area contributed by atoms with Gasteiger partial charge in [-0.2, -0.15) is 0 Å². The Kier molecular flexibility index (Phi) is 3.38. The van der Waals surface area contributed by atoms with Crippen LogP contribution in [-0.2, 0) is 14.4 Å². The lowest BCUT2D eigenvalue weighted by Crippen LogP contribution is -2.54. The van der Waals surface area contributed by atoms with E-state index in [1.165, 1.54) is 13.2 Å². The van der Waals surface area contributed by atoms with E-state index in [1.54, 1.807) is 12.1 Å². The van der Waals surface area contributed by atoms with E-state index in [2.05, 4.69) is 10.8 Å². The molecule has 1 fully saturated rings. The SMILES string of the molecule is CONc1cccc2c1C(=O)N(C1CCC(=O)NC1=O)C2=O. The highest BCUT2D eigenvalue weighted by Crippen LogP contribution is 2.32. The Morgan fingerprint density at radius 3 is 2.68 bits per heavy atom. The first-order valence-electron chi connectivity index (χ1n) is 6.68. The predicted octanol–water partition coefficient (Wildman–Crippen LogP) is 0.0611. The summed E-state index contributed by atoms with van der Waals surface area (Å²) in [6, 6.07) is 3.75. The molecular formula is C14H13N3O5. The normalized spacial score (nSPS) is 21.0.